The highest BCUT2D eigenvalue weighted by Crippen LogP contribution is 2.27. The first-order chi connectivity index (χ1) is 14.5. The summed E-state index contributed by atoms with van der Waals surface area (Å²) in [5.41, 5.74) is 1.82. The largest absolute Gasteiger partial charge is 0.441 e. The van der Waals surface area contributed by atoms with Crippen LogP contribution in [0, 0.1) is 18.8 Å². The zero-order valence-electron chi connectivity index (χ0n) is 18.0. The van der Waals surface area contributed by atoms with Gasteiger partial charge in [-0.25, -0.2) is 4.98 Å². The fraction of sp³-hybridized carbons (Fsp3) is 0.583. The van der Waals surface area contributed by atoms with Gasteiger partial charge in [0.15, 0.2) is 0 Å². The zero-order valence-corrected chi connectivity index (χ0v) is 18.8. The summed E-state index contributed by atoms with van der Waals surface area (Å²) in [6.45, 7) is 6.70. The lowest BCUT2D eigenvalue weighted by Crippen LogP contribution is -2.48. The van der Waals surface area contributed by atoms with Gasteiger partial charge >= 0.3 is 0 Å². The third kappa shape index (κ3) is 5.06. The van der Waals surface area contributed by atoms with Crippen LogP contribution >= 0.6 is 11.6 Å². The van der Waals surface area contributed by atoms with Gasteiger partial charge in [0.1, 0.15) is 5.76 Å². The molecule has 1 aromatic heterocycles. The summed E-state index contributed by atoms with van der Waals surface area (Å²) >= 11 is 6.11. The zero-order chi connectivity index (χ0) is 21.1. The summed E-state index contributed by atoms with van der Waals surface area (Å²) in [4.78, 5) is 20.0. The molecule has 1 aliphatic carbocycles. The Morgan fingerprint density at radius 2 is 2.10 bits per heavy atom. The summed E-state index contributed by atoms with van der Waals surface area (Å²) < 4.78 is 5.91. The molecule has 2 fully saturated rings. The summed E-state index contributed by atoms with van der Waals surface area (Å²) in [6, 6.07) is 7.91. The highest BCUT2D eigenvalue weighted by atomic mass is 35.5. The molecule has 4 rings (SSSR count). The molecule has 2 aromatic rings. The van der Waals surface area contributed by atoms with Gasteiger partial charge in [-0.1, -0.05) is 37.4 Å². The molecule has 1 aliphatic heterocycles. The van der Waals surface area contributed by atoms with Gasteiger partial charge in [-0.05, 0) is 63.3 Å². The first kappa shape index (κ1) is 21.4. The average Bonchev–Trinajstić information content (AvgIpc) is 3.10. The first-order valence-corrected chi connectivity index (χ1v) is 11.6. The average molecular weight is 430 g/mol. The van der Waals surface area contributed by atoms with Crippen molar-refractivity contribution in [1.82, 2.24) is 15.2 Å². The minimum atomic E-state index is 0.0625. The number of nitrogens with one attached hydrogen (secondary N) is 1. The second kappa shape index (κ2) is 9.52. The van der Waals surface area contributed by atoms with E-state index in [1.54, 1.807) is 0 Å². The molecule has 0 bridgehead atoms. The van der Waals surface area contributed by atoms with E-state index in [-0.39, 0.29) is 11.8 Å². The van der Waals surface area contributed by atoms with Crippen molar-refractivity contribution in [2.75, 3.05) is 13.1 Å². The lowest BCUT2D eigenvalue weighted by atomic mass is 9.85. The third-order valence-corrected chi connectivity index (χ3v) is 6.89. The van der Waals surface area contributed by atoms with E-state index in [0.29, 0.717) is 29.4 Å². The van der Waals surface area contributed by atoms with Gasteiger partial charge in [0.25, 0.3) is 0 Å². The minimum absolute atomic E-state index is 0.0625. The number of halogens is 1. The maximum Gasteiger partial charge on any atom is 0.226 e. The molecule has 1 N–H and O–H groups in total. The topological polar surface area (TPSA) is 58.4 Å². The molecule has 6 heteroatoms. The van der Waals surface area contributed by atoms with E-state index in [0.717, 1.165) is 49.4 Å². The van der Waals surface area contributed by atoms with Crippen LogP contribution in [0.1, 0.15) is 56.9 Å². The fourth-order valence-corrected chi connectivity index (χ4v) is 4.97. The van der Waals surface area contributed by atoms with Crippen LogP contribution in [0.4, 0.5) is 0 Å². The van der Waals surface area contributed by atoms with E-state index in [1.807, 2.05) is 31.2 Å². The van der Waals surface area contributed by atoms with E-state index in [4.69, 9.17) is 21.0 Å². The number of nitrogens with zero attached hydrogens (tertiary/aromatic N) is 2. The lowest BCUT2D eigenvalue weighted by molar-refractivity contribution is -0.128. The van der Waals surface area contributed by atoms with Gasteiger partial charge < -0.3 is 9.73 Å². The molecular weight excluding hydrogens is 398 g/mol. The summed E-state index contributed by atoms with van der Waals surface area (Å²) in [7, 11) is 0. The van der Waals surface area contributed by atoms with Crippen LogP contribution in [-0.4, -0.2) is 34.9 Å². The SMILES string of the molecule is Cc1oc(-c2cccc(Cl)c2)nc1CN1CCCC(C(=O)NC2CCCCC2C)C1. The Morgan fingerprint density at radius 1 is 1.27 bits per heavy atom. The predicted molar refractivity (Wildman–Crippen MR) is 119 cm³/mol. The van der Waals surface area contributed by atoms with Crippen LogP contribution in [0.3, 0.4) is 0 Å². The molecule has 30 heavy (non-hydrogen) atoms. The van der Waals surface area contributed by atoms with Crippen molar-refractivity contribution in [1.29, 1.82) is 0 Å². The lowest BCUT2D eigenvalue weighted by Gasteiger charge is -2.34. The Hall–Kier alpha value is -1.85. The number of carbonyl (C=O) groups is 1. The quantitative estimate of drug-likeness (QED) is 0.708. The highest BCUT2D eigenvalue weighted by molar-refractivity contribution is 6.30. The Kier molecular flexibility index (Phi) is 6.79. The Morgan fingerprint density at radius 3 is 2.90 bits per heavy atom. The van der Waals surface area contributed by atoms with Gasteiger partial charge in [0.2, 0.25) is 11.8 Å². The van der Waals surface area contributed by atoms with Crippen molar-refractivity contribution < 1.29 is 9.21 Å². The van der Waals surface area contributed by atoms with Gasteiger partial charge in [-0.3, -0.25) is 9.69 Å². The number of rotatable bonds is 5. The highest BCUT2D eigenvalue weighted by Gasteiger charge is 2.30. The maximum absolute atomic E-state index is 12.9. The maximum atomic E-state index is 12.9. The number of aryl methyl sites for hydroxylation is 1. The molecule has 1 saturated carbocycles. The van der Waals surface area contributed by atoms with E-state index >= 15 is 0 Å². The first-order valence-electron chi connectivity index (χ1n) is 11.2. The predicted octanol–water partition coefficient (Wildman–Crippen LogP) is 5.21. The monoisotopic (exact) mass is 429 g/mol. The van der Waals surface area contributed by atoms with Gasteiger partial charge in [-0.15, -0.1) is 0 Å². The molecule has 2 heterocycles. The number of oxazole rings is 1. The molecule has 0 radical (unpaired) electrons. The molecule has 1 aromatic carbocycles. The Bertz CT molecular complexity index is 881. The van der Waals surface area contributed by atoms with Crippen LogP contribution in [0.15, 0.2) is 28.7 Å². The third-order valence-electron chi connectivity index (χ3n) is 6.65. The van der Waals surface area contributed by atoms with Crippen molar-refractivity contribution in [3.63, 3.8) is 0 Å². The molecule has 162 valence electrons. The van der Waals surface area contributed by atoms with Crippen molar-refractivity contribution >= 4 is 17.5 Å². The van der Waals surface area contributed by atoms with Crippen molar-refractivity contribution in [2.24, 2.45) is 11.8 Å². The van der Waals surface area contributed by atoms with Crippen LogP contribution in [0.25, 0.3) is 11.5 Å². The van der Waals surface area contributed by atoms with Crippen LogP contribution in [0.2, 0.25) is 5.02 Å². The Balaban J connectivity index is 1.37. The molecule has 1 amide bonds. The second-order valence-corrected chi connectivity index (χ2v) is 9.42. The molecule has 1 saturated heterocycles. The fourth-order valence-electron chi connectivity index (χ4n) is 4.78. The number of amides is 1. The van der Waals surface area contributed by atoms with Crippen molar-refractivity contribution in [2.45, 2.75) is 65.0 Å². The molecule has 5 nitrogen and oxygen atoms in total. The van der Waals surface area contributed by atoms with E-state index in [2.05, 4.69) is 17.1 Å². The van der Waals surface area contributed by atoms with E-state index in [1.165, 1.54) is 19.3 Å². The normalized spacial score (nSPS) is 25.2. The molecule has 2 aliphatic rings. The minimum Gasteiger partial charge on any atom is -0.441 e. The van der Waals surface area contributed by atoms with Gasteiger partial charge in [0.05, 0.1) is 11.6 Å². The van der Waals surface area contributed by atoms with Gasteiger partial charge in [-0.2, -0.15) is 0 Å². The molecular formula is C24H32ClN3O2. The molecule has 3 unspecified atom stereocenters. The number of piperidine rings is 1. The smallest absolute Gasteiger partial charge is 0.226 e. The van der Waals surface area contributed by atoms with Crippen LogP contribution < -0.4 is 5.32 Å². The van der Waals surface area contributed by atoms with Crippen LogP contribution in [0.5, 0.6) is 0 Å². The number of hydrogen-bond donors (Lipinski definition) is 1. The van der Waals surface area contributed by atoms with Crippen molar-refractivity contribution in [3.8, 4) is 11.5 Å². The number of carbonyl (C=O) groups excluding carboxylic acids is 1. The number of benzene rings is 1. The number of likely N-dealkylation sites (tertiary alicyclic amines) is 1. The number of hydrogen-bond acceptors (Lipinski definition) is 4. The standard InChI is InChI=1S/C24H32ClN3O2/c1-16-7-3-4-11-21(16)26-23(29)19-9-6-12-28(14-19)15-22-17(2)30-24(27-22)18-8-5-10-20(25)13-18/h5,8,10,13,16,19,21H,3-4,6-7,9,11-12,14-15H2,1-2H3,(H,26,29). The summed E-state index contributed by atoms with van der Waals surface area (Å²) in [5.74, 6) is 2.31. The van der Waals surface area contributed by atoms with Crippen molar-refractivity contribution in [3.05, 3.63) is 40.7 Å². The van der Waals surface area contributed by atoms with E-state index < -0.39 is 0 Å². The molecule has 3 atom stereocenters. The second-order valence-electron chi connectivity index (χ2n) is 8.98. The summed E-state index contributed by atoms with van der Waals surface area (Å²) in [6.07, 6.45) is 6.87. The summed E-state index contributed by atoms with van der Waals surface area (Å²) in [5, 5.41) is 4.02. The Labute approximate surface area is 184 Å². The number of aromatic nitrogens is 1. The molecule has 0 spiro atoms. The van der Waals surface area contributed by atoms with Gasteiger partial charge in [0, 0.05) is 29.7 Å². The van der Waals surface area contributed by atoms with Crippen LogP contribution in [-0.2, 0) is 11.3 Å². The van der Waals surface area contributed by atoms with E-state index in [9.17, 15) is 4.79 Å².